The smallest absolute Gasteiger partial charge is 0.232 e. The molecule has 0 aliphatic rings. The molecular formula is C14H20FNO2S. The summed E-state index contributed by atoms with van der Waals surface area (Å²) in [5.74, 6) is 1.15. The zero-order valence-electron chi connectivity index (χ0n) is 11.3. The van der Waals surface area contributed by atoms with Crippen LogP contribution in [0.2, 0.25) is 0 Å². The van der Waals surface area contributed by atoms with E-state index in [9.17, 15) is 9.18 Å². The van der Waals surface area contributed by atoms with Crippen molar-refractivity contribution in [3.05, 3.63) is 35.6 Å². The Hall–Kier alpha value is -1.07. The number of hydrogen-bond acceptors (Lipinski definition) is 3. The number of hydrogen-bond donors (Lipinski definition) is 1. The minimum absolute atomic E-state index is 0.0412. The molecule has 1 unspecified atom stereocenters. The van der Waals surface area contributed by atoms with Crippen LogP contribution >= 0.6 is 11.8 Å². The van der Waals surface area contributed by atoms with Gasteiger partial charge in [-0.2, -0.15) is 11.8 Å². The van der Waals surface area contributed by atoms with Crippen LogP contribution in [-0.4, -0.2) is 41.1 Å². The highest BCUT2D eigenvalue weighted by molar-refractivity contribution is 7.99. The molecule has 0 aliphatic heterocycles. The second-order valence-electron chi connectivity index (χ2n) is 4.68. The molecule has 0 saturated carbocycles. The number of rotatable bonds is 7. The van der Waals surface area contributed by atoms with Gasteiger partial charge in [0.15, 0.2) is 0 Å². The fourth-order valence-corrected chi connectivity index (χ4v) is 2.48. The molecule has 5 heteroatoms. The van der Waals surface area contributed by atoms with Crippen molar-refractivity contribution in [2.24, 2.45) is 5.92 Å². The lowest BCUT2D eigenvalue weighted by Crippen LogP contribution is -2.28. The average Bonchev–Trinajstić information content (AvgIpc) is 2.40. The van der Waals surface area contributed by atoms with E-state index in [4.69, 9.17) is 5.11 Å². The molecule has 1 amide bonds. The third-order valence-corrected chi connectivity index (χ3v) is 3.95. The normalized spacial score (nSPS) is 12.2. The van der Waals surface area contributed by atoms with Gasteiger partial charge in [0, 0.05) is 20.2 Å². The molecule has 0 fully saturated rings. The van der Waals surface area contributed by atoms with E-state index < -0.39 is 0 Å². The first-order chi connectivity index (χ1) is 9.02. The number of amides is 1. The number of benzene rings is 1. The maximum atomic E-state index is 12.8. The van der Waals surface area contributed by atoms with E-state index in [1.54, 1.807) is 24.1 Å². The molecule has 0 heterocycles. The Morgan fingerprint density at radius 3 is 2.63 bits per heavy atom. The number of carbonyl (C=O) groups excluding carboxylic acids is 1. The Balaban J connectivity index is 2.34. The van der Waals surface area contributed by atoms with Crippen molar-refractivity contribution >= 4 is 17.7 Å². The first-order valence-corrected chi connectivity index (χ1v) is 7.35. The summed E-state index contributed by atoms with van der Waals surface area (Å²) >= 11 is 1.52. The van der Waals surface area contributed by atoms with Gasteiger partial charge < -0.3 is 10.0 Å². The first-order valence-electron chi connectivity index (χ1n) is 6.20. The maximum absolute atomic E-state index is 12.8. The number of nitrogens with zero attached hydrogens (tertiary/aromatic N) is 1. The molecule has 106 valence electrons. The summed E-state index contributed by atoms with van der Waals surface area (Å²) in [6.07, 6.45) is 0. The van der Waals surface area contributed by atoms with Crippen LogP contribution in [0.5, 0.6) is 0 Å². The van der Waals surface area contributed by atoms with Crippen LogP contribution in [0.25, 0.3) is 0 Å². The van der Waals surface area contributed by atoms with Crippen LogP contribution in [0.15, 0.2) is 24.3 Å². The summed E-state index contributed by atoms with van der Waals surface area (Å²) in [6, 6.07) is 6.15. The molecule has 1 rings (SSSR count). The van der Waals surface area contributed by atoms with E-state index in [1.165, 1.54) is 23.9 Å². The maximum Gasteiger partial charge on any atom is 0.232 e. The molecule has 1 atom stereocenters. The molecule has 0 spiro atoms. The molecule has 0 bridgehead atoms. The summed E-state index contributed by atoms with van der Waals surface area (Å²) < 4.78 is 12.8. The quantitative estimate of drug-likeness (QED) is 0.834. The van der Waals surface area contributed by atoms with E-state index in [-0.39, 0.29) is 24.2 Å². The summed E-state index contributed by atoms with van der Waals surface area (Å²) in [4.78, 5) is 13.5. The van der Waals surface area contributed by atoms with Crippen LogP contribution in [0, 0.1) is 11.7 Å². The summed E-state index contributed by atoms with van der Waals surface area (Å²) in [6.45, 7) is 2.57. The predicted molar refractivity (Wildman–Crippen MR) is 76.4 cm³/mol. The highest BCUT2D eigenvalue weighted by Gasteiger charge is 2.10. The van der Waals surface area contributed by atoms with E-state index in [1.807, 2.05) is 6.92 Å². The van der Waals surface area contributed by atoms with Crippen LogP contribution in [-0.2, 0) is 11.3 Å². The number of thioether (sulfide) groups is 1. The van der Waals surface area contributed by atoms with E-state index in [0.29, 0.717) is 12.3 Å². The topological polar surface area (TPSA) is 40.5 Å². The SMILES string of the molecule is CC(CO)CSCC(=O)N(C)Cc1ccc(F)cc1. The number of aliphatic hydroxyl groups is 1. The third kappa shape index (κ3) is 6.07. The number of carbonyl (C=O) groups is 1. The lowest BCUT2D eigenvalue weighted by Gasteiger charge is -2.17. The second-order valence-corrected chi connectivity index (χ2v) is 5.71. The highest BCUT2D eigenvalue weighted by Crippen LogP contribution is 2.10. The first kappa shape index (κ1) is 16.0. The molecule has 0 aliphatic carbocycles. The molecule has 3 nitrogen and oxygen atoms in total. The standard InChI is InChI=1S/C14H20FNO2S/c1-11(8-17)9-19-10-14(18)16(2)7-12-3-5-13(15)6-4-12/h3-6,11,17H,7-10H2,1-2H3. The molecule has 19 heavy (non-hydrogen) atoms. The Labute approximate surface area is 117 Å². The average molecular weight is 285 g/mol. The second kappa shape index (κ2) is 8.17. The third-order valence-electron chi connectivity index (χ3n) is 2.70. The molecule has 0 saturated heterocycles. The molecule has 0 aromatic heterocycles. The van der Waals surface area contributed by atoms with Gasteiger partial charge in [-0.3, -0.25) is 4.79 Å². The van der Waals surface area contributed by atoms with Crippen molar-refractivity contribution < 1.29 is 14.3 Å². The monoisotopic (exact) mass is 285 g/mol. The highest BCUT2D eigenvalue weighted by atomic mass is 32.2. The lowest BCUT2D eigenvalue weighted by molar-refractivity contribution is -0.127. The zero-order valence-corrected chi connectivity index (χ0v) is 12.1. The summed E-state index contributed by atoms with van der Waals surface area (Å²) in [5.41, 5.74) is 0.908. The van der Waals surface area contributed by atoms with Gasteiger partial charge >= 0.3 is 0 Å². The number of aliphatic hydroxyl groups excluding tert-OH is 1. The van der Waals surface area contributed by atoms with Gasteiger partial charge in [0.05, 0.1) is 5.75 Å². The Kier molecular flexibility index (Phi) is 6.87. The van der Waals surface area contributed by atoms with Crippen molar-refractivity contribution in [3.63, 3.8) is 0 Å². The van der Waals surface area contributed by atoms with Gasteiger partial charge in [0.2, 0.25) is 5.91 Å². The van der Waals surface area contributed by atoms with Crippen LogP contribution in [0.1, 0.15) is 12.5 Å². The fourth-order valence-electron chi connectivity index (χ4n) is 1.46. The van der Waals surface area contributed by atoms with Crippen molar-refractivity contribution in [3.8, 4) is 0 Å². The van der Waals surface area contributed by atoms with Gasteiger partial charge in [0.1, 0.15) is 5.82 Å². The van der Waals surface area contributed by atoms with Crippen LogP contribution < -0.4 is 0 Å². The molecule has 1 aromatic rings. The van der Waals surface area contributed by atoms with Crippen molar-refractivity contribution in [2.45, 2.75) is 13.5 Å². The minimum atomic E-state index is -0.272. The van der Waals surface area contributed by atoms with E-state index in [0.717, 1.165) is 11.3 Å². The van der Waals surface area contributed by atoms with Gasteiger partial charge in [-0.15, -0.1) is 0 Å². The molecule has 1 N–H and O–H groups in total. The van der Waals surface area contributed by atoms with Gasteiger partial charge in [-0.05, 0) is 29.4 Å². The van der Waals surface area contributed by atoms with Gasteiger partial charge in [0.25, 0.3) is 0 Å². The van der Waals surface area contributed by atoms with Crippen molar-refractivity contribution in [1.29, 1.82) is 0 Å². The summed E-state index contributed by atoms with van der Waals surface area (Å²) in [7, 11) is 1.74. The van der Waals surface area contributed by atoms with E-state index in [2.05, 4.69) is 0 Å². The van der Waals surface area contributed by atoms with Gasteiger partial charge in [-0.25, -0.2) is 4.39 Å². The Bertz CT molecular complexity index is 397. The van der Waals surface area contributed by atoms with Crippen LogP contribution in [0.4, 0.5) is 4.39 Å². The lowest BCUT2D eigenvalue weighted by atomic mass is 10.2. The van der Waals surface area contributed by atoms with E-state index >= 15 is 0 Å². The number of halogens is 1. The minimum Gasteiger partial charge on any atom is -0.396 e. The molecule has 1 aromatic carbocycles. The van der Waals surface area contributed by atoms with Crippen LogP contribution in [0.3, 0.4) is 0 Å². The zero-order chi connectivity index (χ0) is 14.3. The van der Waals surface area contributed by atoms with Crippen molar-refractivity contribution in [2.75, 3.05) is 25.2 Å². The largest absolute Gasteiger partial charge is 0.396 e. The molecule has 0 radical (unpaired) electrons. The Morgan fingerprint density at radius 2 is 2.05 bits per heavy atom. The fraction of sp³-hybridized carbons (Fsp3) is 0.500. The van der Waals surface area contributed by atoms with Gasteiger partial charge in [-0.1, -0.05) is 19.1 Å². The Morgan fingerprint density at radius 1 is 1.42 bits per heavy atom. The van der Waals surface area contributed by atoms with Crippen molar-refractivity contribution in [1.82, 2.24) is 4.90 Å². The molecular weight excluding hydrogens is 265 g/mol. The summed E-state index contributed by atoms with van der Waals surface area (Å²) in [5, 5.41) is 8.89. The predicted octanol–water partition coefficient (Wildman–Crippen LogP) is 2.15.